The maximum absolute atomic E-state index is 13.4. The van der Waals surface area contributed by atoms with Crippen molar-refractivity contribution in [3.05, 3.63) is 45.4 Å². The van der Waals surface area contributed by atoms with Crippen LogP contribution in [0.2, 0.25) is 5.28 Å². The van der Waals surface area contributed by atoms with E-state index in [0.29, 0.717) is 4.57 Å². The molecule has 0 aliphatic rings. The molecule has 0 saturated heterocycles. The number of anilines is 1. The van der Waals surface area contributed by atoms with Gasteiger partial charge < -0.3 is 5.32 Å². The van der Waals surface area contributed by atoms with Crippen LogP contribution in [0.3, 0.4) is 0 Å². The molecule has 0 aliphatic heterocycles. The fourth-order valence-corrected chi connectivity index (χ4v) is 3.33. The Bertz CT molecular complexity index is 1310. The third-order valence-corrected chi connectivity index (χ3v) is 5.38. The Morgan fingerprint density at radius 3 is 2.48 bits per heavy atom. The highest BCUT2D eigenvalue weighted by atomic mass is 35.5. The average molecular weight is 478 g/mol. The van der Waals surface area contributed by atoms with Crippen LogP contribution in [0.25, 0.3) is 11.2 Å². The second-order valence-corrected chi connectivity index (χ2v) is 8.39. The minimum absolute atomic E-state index is 0.0415. The fourth-order valence-electron chi connectivity index (χ4n) is 2.67. The highest BCUT2D eigenvalue weighted by molar-refractivity contribution is 7.89. The van der Waals surface area contributed by atoms with Gasteiger partial charge in [0.05, 0.1) is 17.9 Å². The monoisotopic (exact) mass is 477 g/mol. The molecule has 0 fully saturated rings. The van der Waals surface area contributed by atoms with E-state index in [1.165, 1.54) is 19.1 Å². The number of nitrogens with two attached hydrogens (primary N) is 1. The van der Waals surface area contributed by atoms with Crippen molar-refractivity contribution in [1.29, 1.82) is 0 Å². The standard InChI is InChI=1S/C16H15ClF3N7O3S/c1-7-11-13(26-15(17)24-7)27(8(2)16(18,19)20)14(28)12(25-11)23-5-9-3-4-10(6-22-9)31(21,29)30/h3-4,6,8H,5H2,1-2H3,(H,23,25)(H2,21,29,30)/t8-/m0/s1. The Balaban J connectivity index is 2.07. The molecule has 0 radical (unpaired) electrons. The summed E-state index contributed by atoms with van der Waals surface area (Å²) in [5.41, 5.74) is -1.01. The van der Waals surface area contributed by atoms with Gasteiger partial charge >= 0.3 is 6.18 Å². The molecule has 15 heteroatoms. The van der Waals surface area contributed by atoms with Crippen LogP contribution in [0.5, 0.6) is 0 Å². The number of fused-ring (bicyclic) bond motifs is 1. The van der Waals surface area contributed by atoms with Crippen LogP contribution in [0.15, 0.2) is 28.0 Å². The first-order valence-corrected chi connectivity index (χ1v) is 10.5. The van der Waals surface area contributed by atoms with Gasteiger partial charge in [-0.2, -0.15) is 18.2 Å². The zero-order chi connectivity index (χ0) is 23.1. The smallest absolute Gasteiger partial charge is 0.360 e. The Kier molecular flexibility index (Phi) is 5.90. The lowest BCUT2D eigenvalue weighted by Crippen LogP contribution is -2.35. The van der Waals surface area contributed by atoms with Gasteiger partial charge in [0.15, 0.2) is 11.5 Å². The zero-order valence-electron chi connectivity index (χ0n) is 16.0. The van der Waals surface area contributed by atoms with Crippen LogP contribution in [0.1, 0.15) is 24.4 Å². The summed E-state index contributed by atoms with van der Waals surface area (Å²) >= 11 is 5.77. The molecule has 3 rings (SSSR count). The molecule has 0 bridgehead atoms. The van der Waals surface area contributed by atoms with E-state index in [4.69, 9.17) is 16.7 Å². The van der Waals surface area contributed by atoms with Gasteiger partial charge in [-0.3, -0.25) is 14.3 Å². The van der Waals surface area contributed by atoms with Crippen LogP contribution in [0, 0.1) is 6.92 Å². The molecule has 1 atom stereocenters. The van der Waals surface area contributed by atoms with Crippen molar-refractivity contribution >= 4 is 38.6 Å². The molecule has 3 heterocycles. The lowest BCUT2D eigenvalue weighted by molar-refractivity contribution is -0.162. The number of hydrogen-bond acceptors (Lipinski definition) is 8. The normalized spacial score (nSPS) is 13.4. The maximum Gasteiger partial charge on any atom is 0.409 e. The maximum atomic E-state index is 13.4. The summed E-state index contributed by atoms with van der Waals surface area (Å²) in [5, 5.41) is 7.30. The molecule has 3 N–H and O–H groups in total. The first-order valence-electron chi connectivity index (χ1n) is 8.53. The van der Waals surface area contributed by atoms with Crippen molar-refractivity contribution in [1.82, 2.24) is 24.5 Å². The van der Waals surface area contributed by atoms with Gasteiger partial charge in [0.1, 0.15) is 16.5 Å². The minimum Gasteiger partial charge on any atom is -0.360 e. The second-order valence-electron chi connectivity index (χ2n) is 6.49. The van der Waals surface area contributed by atoms with E-state index in [-0.39, 0.29) is 39.3 Å². The number of aryl methyl sites for hydroxylation is 1. The Hall–Kier alpha value is -2.84. The largest absolute Gasteiger partial charge is 0.409 e. The topological polar surface area (TPSA) is 146 Å². The Labute approximate surface area is 178 Å². The molecule has 10 nitrogen and oxygen atoms in total. The van der Waals surface area contributed by atoms with Gasteiger partial charge in [-0.05, 0) is 37.6 Å². The van der Waals surface area contributed by atoms with Gasteiger partial charge in [-0.25, -0.2) is 23.5 Å². The van der Waals surface area contributed by atoms with Crippen molar-refractivity contribution < 1.29 is 21.6 Å². The summed E-state index contributed by atoms with van der Waals surface area (Å²) in [6.07, 6.45) is -3.73. The van der Waals surface area contributed by atoms with Crippen molar-refractivity contribution in [3.8, 4) is 0 Å². The van der Waals surface area contributed by atoms with Crippen molar-refractivity contribution in [2.45, 2.75) is 37.5 Å². The average Bonchev–Trinajstić information content (AvgIpc) is 2.65. The quantitative estimate of drug-likeness (QED) is 0.530. The van der Waals surface area contributed by atoms with Crippen LogP contribution in [-0.2, 0) is 16.6 Å². The molecule has 0 unspecified atom stereocenters. The molecular formula is C16H15ClF3N7O3S. The lowest BCUT2D eigenvalue weighted by Gasteiger charge is -2.21. The number of pyridine rings is 1. The highest BCUT2D eigenvalue weighted by Gasteiger charge is 2.39. The number of rotatable bonds is 5. The number of primary sulfonamides is 1. The first kappa shape index (κ1) is 22.8. The van der Waals surface area contributed by atoms with Gasteiger partial charge in [-0.1, -0.05) is 0 Å². The number of nitrogens with zero attached hydrogens (tertiary/aromatic N) is 5. The fraction of sp³-hybridized carbons (Fsp3) is 0.312. The van der Waals surface area contributed by atoms with Gasteiger partial charge in [0.2, 0.25) is 15.3 Å². The van der Waals surface area contributed by atoms with E-state index in [1.54, 1.807) is 0 Å². The van der Waals surface area contributed by atoms with E-state index < -0.39 is 33.6 Å². The number of halogens is 4. The van der Waals surface area contributed by atoms with E-state index in [2.05, 4.69) is 25.3 Å². The van der Waals surface area contributed by atoms with E-state index in [9.17, 15) is 26.4 Å². The van der Waals surface area contributed by atoms with E-state index in [0.717, 1.165) is 13.1 Å². The molecule has 31 heavy (non-hydrogen) atoms. The van der Waals surface area contributed by atoms with Crippen molar-refractivity contribution in [2.24, 2.45) is 5.14 Å². The van der Waals surface area contributed by atoms with Crippen LogP contribution < -0.4 is 16.0 Å². The number of sulfonamides is 1. The molecule has 0 aliphatic carbocycles. The molecule has 0 spiro atoms. The summed E-state index contributed by atoms with van der Waals surface area (Å²) in [6.45, 7) is 2.14. The Morgan fingerprint density at radius 2 is 1.94 bits per heavy atom. The predicted octanol–water partition coefficient (Wildman–Crippen LogP) is 1.93. The SMILES string of the molecule is Cc1nc(Cl)nc2c1nc(NCc1ccc(S(N)(=O)=O)cn1)c(=O)n2[C@@H](C)C(F)(F)F. The number of nitrogens with one attached hydrogen (secondary N) is 1. The Morgan fingerprint density at radius 1 is 1.26 bits per heavy atom. The molecule has 0 aromatic carbocycles. The van der Waals surface area contributed by atoms with Crippen LogP contribution in [-0.4, -0.2) is 39.1 Å². The van der Waals surface area contributed by atoms with Gasteiger partial charge in [-0.15, -0.1) is 0 Å². The summed E-state index contributed by atoms with van der Waals surface area (Å²) in [5.74, 6) is -0.394. The first-order chi connectivity index (χ1) is 14.3. The van der Waals surface area contributed by atoms with Gasteiger partial charge in [0.25, 0.3) is 5.56 Å². The molecule has 3 aromatic rings. The van der Waals surface area contributed by atoms with E-state index in [1.807, 2.05) is 0 Å². The third kappa shape index (κ3) is 4.75. The molecule has 166 valence electrons. The lowest BCUT2D eigenvalue weighted by atomic mass is 10.3. The highest BCUT2D eigenvalue weighted by Crippen LogP contribution is 2.31. The number of aromatic nitrogens is 5. The van der Waals surface area contributed by atoms with Crippen LogP contribution >= 0.6 is 11.6 Å². The predicted molar refractivity (Wildman–Crippen MR) is 105 cm³/mol. The minimum atomic E-state index is -4.74. The molecule has 0 saturated carbocycles. The molecular weight excluding hydrogens is 463 g/mol. The summed E-state index contributed by atoms with van der Waals surface area (Å²) in [7, 11) is -3.93. The third-order valence-electron chi connectivity index (χ3n) is 4.31. The summed E-state index contributed by atoms with van der Waals surface area (Å²) in [4.78, 5) is 28.2. The van der Waals surface area contributed by atoms with E-state index >= 15 is 0 Å². The zero-order valence-corrected chi connectivity index (χ0v) is 17.5. The van der Waals surface area contributed by atoms with Crippen LogP contribution in [0.4, 0.5) is 19.0 Å². The molecule has 3 aromatic heterocycles. The second kappa shape index (κ2) is 8.01. The molecule has 0 amide bonds. The summed E-state index contributed by atoms with van der Waals surface area (Å²) in [6, 6.07) is 0.319. The number of alkyl halides is 3. The van der Waals surface area contributed by atoms with Crippen molar-refractivity contribution in [3.63, 3.8) is 0 Å². The summed E-state index contributed by atoms with van der Waals surface area (Å²) < 4.78 is 63.3. The number of hydrogen-bond donors (Lipinski definition) is 2. The van der Waals surface area contributed by atoms with Crippen molar-refractivity contribution in [2.75, 3.05) is 5.32 Å². The van der Waals surface area contributed by atoms with Gasteiger partial charge in [0, 0.05) is 6.20 Å².